The van der Waals surface area contributed by atoms with E-state index in [-0.39, 0.29) is 0 Å². The lowest BCUT2D eigenvalue weighted by Crippen LogP contribution is -2.06. The van der Waals surface area contributed by atoms with Crippen molar-refractivity contribution in [2.45, 2.75) is 6.92 Å². The number of aliphatic imine (C=N–C) groups is 1. The van der Waals surface area contributed by atoms with Gasteiger partial charge in [0, 0.05) is 9.13 Å². The van der Waals surface area contributed by atoms with Crippen molar-refractivity contribution in [3.63, 3.8) is 0 Å². The molecule has 0 atom stereocenters. The van der Waals surface area contributed by atoms with Crippen molar-refractivity contribution in [1.82, 2.24) is 0 Å². The molecule has 1 heterocycles. The van der Waals surface area contributed by atoms with E-state index in [4.69, 9.17) is 4.74 Å². The first kappa shape index (κ1) is 14.0. The molecule has 0 amide bonds. The number of hydrogen-bond donors (Lipinski definition) is 0. The van der Waals surface area contributed by atoms with E-state index in [2.05, 4.69) is 27.6 Å². The lowest BCUT2D eigenvalue weighted by Gasteiger charge is -2.02. The lowest BCUT2D eigenvalue weighted by atomic mass is 10.1. The zero-order chi connectivity index (χ0) is 14.8. The molecule has 4 heteroatoms. The monoisotopic (exact) mass is 389 g/mol. The van der Waals surface area contributed by atoms with Gasteiger partial charge in [-0.2, -0.15) is 0 Å². The molecule has 0 N–H and O–H groups in total. The maximum absolute atomic E-state index is 12.0. The second-order valence-corrected chi connectivity index (χ2v) is 5.83. The first-order valence-electron chi connectivity index (χ1n) is 6.48. The zero-order valence-corrected chi connectivity index (χ0v) is 13.5. The molecule has 0 aromatic heterocycles. The third-order valence-electron chi connectivity index (χ3n) is 3.19. The smallest absolute Gasteiger partial charge is 0.363 e. The number of esters is 1. The minimum absolute atomic E-state index is 0.331. The van der Waals surface area contributed by atoms with Crippen LogP contribution in [0.4, 0.5) is 0 Å². The summed E-state index contributed by atoms with van der Waals surface area (Å²) < 4.78 is 6.36. The first-order valence-corrected chi connectivity index (χ1v) is 7.56. The van der Waals surface area contributed by atoms with Crippen molar-refractivity contribution in [3.05, 3.63) is 74.5 Å². The Morgan fingerprint density at radius 3 is 2.57 bits per heavy atom. The number of ether oxygens (including phenoxy) is 1. The van der Waals surface area contributed by atoms with Crippen LogP contribution >= 0.6 is 22.6 Å². The highest BCUT2D eigenvalue weighted by Crippen LogP contribution is 2.22. The van der Waals surface area contributed by atoms with Crippen molar-refractivity contribution in [1.29, 1.82) is 0 Å². The Hall–Kier alpha value is -1.95. The van der Waals surface area contributed by atoms with Gasteiger partial charge >= 0.3 is 5.97 Å². The fourth-order valence-corrected chi connectivity index (χ4v) is 2.62. The maximum atomic E-state index is 12.0. The van der Waals surface area contributed by atoms with E-state index in [0.717, 1.165) is 20.3 Å². The molecule has 3 rings (SSSR count). The van der Waals surface area contributed by atoms with Crippen molar-refractivity contribution in [3.8, 4) is 0 Å². The highest BCUT2D eigenvalue weighted by atomic mass is 127. The number of nitrogens with zero attached hydrogens (tertiary/aromatic N) is 1. The van der Waals surface area contributed by atoms with Gasteiger partial charge in [0.2, 0.25) is 5.90 Å². The van der Waals surface area contributed by atoms with Gasteiger partial charge in [-0.15, -0.1) is 0 Å². The fraction of sp³-hybridized carbons (Fsp3) is 0.0588. The van der Waals surface area contributed by atoms with E-state index in [1.807, 2.05) is 55.5 Å². The second-order valence-electron chi connectivity index (χ2n) is 4.67. The Bertz CT molecular complexity index is 778. The lowest BCUT2D eigenvalue weighted by molar-refractivity contribution is -0.129. The average molecular weight is 389 g/mol. The summed E-state index contributed by atoms with van der Waals surface area (Å²) in [6.45, 7) is 1.97. The predicted molar refractivity (Wildman–Crippen MR) is 90.9 cm³/mol. The van der Waals surface area contributed by atoms with Gasteiger partial charge in [0.05, 0.1) is 0 Å². The molecule has 2 aromatic rings. The molecule has 104 valence electrons. The van der Waals surface area contributed by atoms with Gasteiger partial charge in [-0.1, -0.05) is 36.4 Å². The number of carbonyl (C=O) groups is 1. The minimum atomic E-state index is -0.409. The van der Waals surface area contributed by atoms with Crippen molar-refractivity contribution >= 4 is 40.5 Å². The van der Waals surface area contributed by atoms with Crippen LogP contribution in [0.15, 0.2) is 59.2 Å². The van der Waals surface area contributed by atoms with Gasteiger partial charge < -0.3 is 4.74 Å². The van der Waals surface area contributed by atoms with E-state index in [9.17, 15) is 4.79 Å². The van der Waals surface area contributed by atoms with Gasteiger partial charge in [-0.05, 0) is 58.9 Å². The SMILES string of the molecule is Cc1ccccc1C1=NC(=Cc2ccccc2I)C(=O)O1. The van der Waals surface area contributed by atoms with Crippen LogP contribution in [0, 0.1) is 10.5 Å². The van der Waals surface area contributed by atoms with Gasteiger partial charge in [0.25, 0.3) is 0 Å². The number of aryl methyl sites for hydroxylation is 1. The van der Waals surface area contributed by atoms with Gasteiger partial charge in [0.15, 0.2) is 5.70 Å². The molecule has 0 bridgehead atoms. The van der Waals surface area contributed by atoms with Gasteiger partial charge in [-0.25, -0.2) is 9.79 Å². The number of rotatable bonds is 2. The second kappa shape index (κ2) is 5.81. The summed E-state index contributed by atoms with van der Waals surface area (Å²) in [5.74, 6) is -0.0387. The van der Waals surface area contributed by atoms with E-state index in [1.165, 1.54) is 0 Å². The van der Waals surface area contributed by atoms with Crippen molar-refractivity contribution in [2.24, 2.45) is 4.99 Å². The summed E-state index contributed by atoms with van der Waals surface area (Å²) in [6, 6.07) is 15.5. The molecular formula is C17H12INO2. The molecule has 0 spiro atoms. The molecular weight excluding hydrogens is 377 g/mol. The van der Waals surface area contributed by atoms with E-state index < -0.39 is 5.97 Å². The third kappa shape index (κ3) is 2.90. The molecule has 21 heavy (non-hydrogen) atoms. The van der Waals surface area contributed by atoms with Crippen LogP contribution in [0.25, 0.3) is 6.08 Å². The van der Waals surface area contributed by atoms with E-state index in [0.29, 0.717) is 11.6 Å². The fourth-order valence-electron chi connectivity index (χ4n) is 2.08. The van der Waals surface area contributed by atoms with Crippen LogP contribution < -0.4 is 0 Å². The normalized spacial score (nSPS) is 16.0. The Morgan fingerprint density at radius 2 is 1.81 bits per heavy atom. The maximum Gasteiger partial charge on any atom is 0.363 e. The number of benzene rings is 2. The molecule has 0 fully saturated rings. The molecule has 1 aliphatic rings. The molecule has 0 saturated carbocycles. The standard InChI is InChI=1S/C17H12INO2/c1-11-6-2-4-8-13(11)16-19-15(17(20)21-16)10-12-7-3-5-9-14(12)18/h2-10H,1H3. The zero-order valence-electron chi connectivity index (χ0n) is 11.3. The molecule has 3 nitrogen and oxygen atoms in total. The van der Waals surface area contributed by atoms with Crippen LogP contribution in [0.5, 0.6) is 0 Å². The quantitative estimate of drug-likeness (QED) is 0.443. The number of halogens is 1. The highest BCUT2D eigenvalue weighted by molar-refractivity contribution is 14.1. The Labute approximate surface area is 136 Å². The Morgan fingerprint density at radius 1 is 1.10 bits per heavy atom. The molecule has 0 saturated heterocycles. The summed E-state index contributed by atoms with van der Waals surface area (Å²) in [5, 5.41) is 0. The van der Waals surface area contributed by atoms with E-state index >= 15 is 0 Å². The Kier molecular flexibility index (Phi) is 3.88. The number of cyclic esters (lactones) is 1. The summed E-state index contributed by atoms with van der Waals surface area (Å²) in [4.78, 5) is 16.3. The summed E-state index contributed by atoms with van der Waals surface area (Å²) in [7, 11) is 0. The minimum Gasteiger partial charge on any atom is -0.402 e. The Balaban J connectivity index is 2.00. The van der Waals surface area contributed by atoms with Crippen LogP contribution in [0.3, 0.4) is 0 Å². The number of hydrogen-bond acceptors (Lipinski definition) is 3. The molecule has 0 unspecified atom stereocenters. The summed E-state index contributed by atoms with van der Waals surface area (Å²) >= 11 is 2.23. The number of carbonyl (C=O) groups excluding carboxylic acids is 1. The molecule has 0 radical (unpaired) electrons. The summed E-state index contributed by atoms with van der Waals surface area (Å²) in [5.41, 5.74) is 3.16. The molecule has 1 aliphatic heterocycles. The van der Waals surface area contributed by atoms with E-state index in [1.54, 1.807) is 6.08 Å². The topological polar surface area (TPSA) is 38.7 Å². The van der Waals surface area contributed by atoms with Crippen molar-refractivity contribution < 1.29 is 9.53 Å². The summed E-state index contributed by atoms with van der Waals surface area (Å²) in [6.07, 6.45) is 1.76. The van der Waals surface area contributed by atoms with Crippen LogP contribution in [0.1, 0.15) is 16.7 Å². The van der Waals surface area contributed by atoms with Crippen LogP contribution in [0.2, 0.25) is 0 Å². The molecule has 0 aliphatic carbocycles. The predicted octanol–water partition coefficient (Wildman–Crippen LogP) is 3.94. The van der Waals surface area contributed by atoms with Crippen molar-refractivity contribution in [2.75, 3.05) is 0 Å². The van der Waals surface area contributed by atoms with Gasteiger partial charge in [0.1, 0.15) is 0 Å². The first-order chi connectivity index (χ1) is 10.1. The average Bonchev–Trinajstić information content (AvgIpc) is 2.83. The van der Waals surface area contributed by atoms with Crippen LogP contribution in [-0.4, -0.2) is 11.9 Å². The largest absolute Gasteiger partial charge is 0.402 e. The highest BCUT2D eigenvalue weighted by Gasteiger charge is 2.25. The molecule has 2 aromatic carbocycles. The van der Waals surface area contributed by atoms with Gasteiger partial charge in [-0.3, -0.25) is 0 Å². The third-order valence-corrected chi connectivity index (χ3v) is 4.18. The van der Waals surface area contributed by atoms with Crippen LogP contribution in [-0.2, 0) is 9.53 Å².